The highest BCUT2D eigenvalue weighted by atomic mass is 16.3. The van der Waals surface area contributed by atoms with Crippen LogP contribution in [0.15, 0.2) is 59.5 Å². The average molecular weight is 349 g/mol. The maximum atomic E-state index is 12.5. The summed E-state index contributed by atoms with van der Waals surface area (Å²) in [5.41, 5.74) is 1.19. The molecule has 9 nitrogen and oxygen atoms in total. The van der Waals surface area contributed by atoms with E-state index in [0.717, 1.165) is 0 Å². The van der Waals surface area contributed by atoms with Gasteiger partial charge in [-0.15, -0.1) is 5.10 Å². The predicted molar refractivity (Wildman–Crippen MR) is 91.5 cm³/mol. The minimum absolute atomic E-state index is 0.193. The van der Waals surface area contributed by atoms with Gasteiger partial charge in [0.2, 0.25) is 5.82 Å². The molecule has 4 rings (SSSR count). The third-order valence-electron chi connectivity index (χ3n) is 3.74. The summed E-state index contributed by atoms with van der Waals surface area (Å²) in [6.07, 6.45) is 5.34. The topological polar surface area (TPSA) is 115 Å². The molecule has 2 N–H and O–H groups in total. The van der Waals surface area contributed by atoms with Gasteiger partial charge in [0.25, 0.3) is 5.91 Å². The molecule has 4 aromatic rings. The molecule has 0 aliphatic heterocycles. The van der Waals surface area contributed by atoms with Crippen LogP contribution < -0.4 is 5.32 Å². The zero-order chi connectivity index (χ0) is 17.8. The van der Waals surface area contributed by atoms with Gasteiger partial charge in [-0.1, -0.05) is 17.3 Å². The van der Waals surface area contributed by atoms with E-state index < -0.39 is 0 Å². The second-order valence-corrected chi connectivity index (χ2v) is 5.45. The van der Waals surface area contributed by atoms with Gasteiger partial charge in [0.05, 0.1) is 29.9 Å². The fraction of sp³-hybridized carbons (Fsp3) is 0.118. The molecule has 0 spiro atoms. The van der Waals surface area contributed by atoms with Crippen molar-refractivity contribution in [1.29, 1.82) is 0 Å². The van der Waals surface area contributed by atoms with Crippen LogP contribution >= 0.6 is 0 Å². The Bertz CT molecular complexity index is 990. The number of furan rings is 1. The van der Waals surface area contributed by atoms with Crippen LogP contribution in [0.4, 0.5) is 0 Å². The quantitative estimate of drug-likeness (QED) is 0.547. The van der Waals surface area contributed by atoms with Crippen LogP contribution in [0.5, 0.6) is 0 Å². The van der Waals surface area contributed by atoms with E-state index in [9.17, 15) is 4.79 Å². The maximum absolute atomic E-state index is 12.5. The molecule has 9 heteroatoms. The van der Waals surface area contributed by atoms with Crippen molar-refractivity contribution in [3.8, 4) is 17.3 Å². The summed E-state index contributed by atoms with van der Waals surface area (Å²) in [4.78, 5) is 16.9. The number of aromatic amines is 1. The number of H-pyrrole nitrogens is 1. The lowest BCUT2D eigenvalue weighted by atomic mass is 10.1. The third kappa shape index (κ3) is 3.22. The highest BCUT2D eigenvalue weighted by Gasteiger charge is 2.13. The van der Waals surface area contributed by atoms with Crippen LogP contribution in [0.25, 0.3) is 17.3 Å². The average Bonchev–Trinajstić information content (AvgIpc) is 3.42. The van der Waals surface area contributed by atoms with Crippen molar-refractivity contribution in [2.75, 3.05) is 6.54 Å². The molecule has 0 saturated carbocycles. The first-order valence-corrected chi connectivity index (χ1v) is 8.00. The Balaban J connectivity index is 1.39. The number of carbonyl (C=O) groups is 1. The lowest BCUT2D eigenvalue weighted by Gasteiger charge is -2.09. The molecular weight excluding hydrogens is 334 g/mol. The van der Waals surface area contributed by atoms with Gasteiger partial charge >= 0.3 is 0 Å². The van der Waals surface area contributed by atoms with Crippen LogP contribution in [-0.2, 0) is 6.42 Å². The van der Waals surface area contributed by atoms with E-state index in [4.69, 9.17) is 4.42 Å². The molecule has 3 aromatic heterocycles. The van der Waals surface area contributed by atoms with Crippen LogP contribution in [0.1, 0.15) is 16.2 Å². The SMILES string of the molecule is O=C(NCCc1nc(-c2ccco2)n[nH]1)c1ccccc1-n1ccnn1. The number of para-hydroxylation sites is 1. The van der Waals surface area contributed by atoms with Gasteiger partial charge in [-0.2, -0.15) is 5.10 Å². The van der Waals surface area contributed by atoms with Gasteiger partial charge in [-0.05, 0) is 24.3 Å². The molecule has 0 fully saturated rings. The van der Waals surface area contributed by atoms with E-state index in [2.05, 4.69) is 30.8 Å². The minimum Gasteiger partial charge on any atom is -0.461 e. The van der Waals surface area contributed by atoms with Crippen molar-refractivity contribution in [3.05, 3.63) is 66.4 Å². The monoisotopic (exact) mass is 349 g/mol. The number of hydrogen-bond acceptors (Lipinski definition) is 6. The fourth-order valence-electron chi connectivity index (χ4n) is 2.51. The first kappa shape index (κ1) is 15.8. The Kier molecular flexibility index (Phi) is 4.25. The second kappa shape index (κ2) is 7.01. The van der Waals surface area contributed by atoms with E-state index >= 15 is 0 Å². The highest BCUT2D eigenvalue weighted by Crippen LogP contribution is 2.15. The molecule has 1 aromatic carbocycles. The molecule has 0 aliphatic carbocycles. The number of nitrogens with one attached hydrogen (secondary N) is 2. The molecular formula is C17H15N7O2. The molecule has 1 amide bonds. The molecule has 0 bridgehead atoms. The predicted octanol–water partition coefficient (Wildman–Crippen LogP) is 1.62. The Hall–Kier alpha value is -3.75. The smallest absolute Gasteiger partial charge is 0.253 e. The zero-order valence-corrected chi connectivity index (χ0v) is 13.7. The van der Waals surface area contributed by atoms with E-state index in [0.29, 0.717) is 41.6 Å². The van der Waals surface area contributed by atoms with Gasteiger partial charge in [-0.25, -0.2) is 9.67 Å². The summed E-state index contributed by atoms with van der Waals surface area (Å²) >= 11 is 0. The summed E-state index contributed by atoms with van der Waals surface area (Å²) in [6, 6.07) is 10.8. The number of rotatable bonds is 6. The molecule has 0 atom stereocenters. The van der Waals surface area contributed by atoms with E-state index in [1.807, 2.05) is 12.1 Å². The summed E-state index contributed by atoms with van der Waals surface area (Å²) in [7, 11) is 0. The summed E-state index contributed by atoms with van der Waals surface area (Å²) < 4.78 is 6.81. The first-order valence-electron chi connectivity index (χ1n) is 8.00. The number of hydrogen-bond donors (Lipinski definition) is 2. The first-order chi connectivity index (χ1) is 12.8. The molecule has 0 unspecified atom stereocenters. The molecule has 0 aliphatic rings. The highest BCUT2D eigenvalue weighted by molar-refractivity contribution is 5.97. The zero-order valence-electron chi connectivity index (χ0n) is 13.7. The Morgan fingerprint density at radius 3 is 2.96 bits per heavy atom. The maximum Gasteiger partial charge on any atom is 0.253 e. The van der Waals surface area contributed by atoms with Crippen LogP contribution in [0.2, 0.25) is 0 Å². The third-order valence-corrected chi connectivity index (χ3v) is 3.74. The van der Waals surface area contributed by atoms with Gasteiger partial charge in [0, 0.05) is 13.0 Å². The lowest BCUT2D eigenvalue weighted by molar-refractivity contribution is 0.0954. The molecule has 0 saturated heterocycles. The van der Waals surface area contributed by atoms with Crippen molar-refractivity contribution in [2.45, 2.75) is 6.42 Å². The van der Waals surface area contributed by atoms with Crippen molar-refractivity contribution in [1.82, 2.24) is 35.5 Å². The Morgan fingerprint density at radius 2 is 2.15 bits per heavy atom. The number of carbonyl (C=O) groups excluding carboxylic acids is 1. The van der Waals surface area contributed by atoms with Gasteiger partial charge < -0.3 is 9.73 Å². The lowest BCUT2D eigenvalue weighted by Crippen LogP contribution is -2.27. The van der Waals surface area contributed by atoms with E-state index in [1.165, 1.54) is 0 Å². The number of nitrogens with zero attached hydrogens (tertiary/aromatic N) is 5. The number of amides is 1. The molecule has 26 heavy (non-hydrogen) atoms. The molecule has 0 radical (unpaired) electrons. The second-order valence-electron chi connectivity index (χ2n) is 5.45. The van der Waals surface area contributed by atoms with Gasteiger partial charge in [-0.3, -0.25) is 9.89 Å². The number of aromatic nitrogens is 6. The standard InChI is InChI=1S/C17H15N7O2/c25-17(12-4-1-2-5-13(12)24-10-9-19-23-24)18-8-7-15-20-16(22-21-15)14-6-3-11-26-14/h1-6,9-11H,7-8H2,(H,18,25)(H,20,21,22). The van der Waals surface area contributed by atoms with Crippen molar-refractivity contribution < 1.29 is 9.21 Å². The summed E-state index contributed by atoms with van der Waals surface area (Å²) in [5, 5.41) is 17.5. The fourth-order valence-corrected chi connectivity index (χ4v) is 2.51. The normalized spacial score (nSPS) is 10.8. The summed E-state index contributed by atoms with van der Waals surface area (Å²) in [6.45, 7) is 0.414. The molecule has 130 valence electrons. The largest absolute Gasteiger partial charge is 0.461 e. The van der Waals surface area contributed by atoms with E-state index in [-0.39, 0.29) is 5.91 Å². The minimum atomic E-state index is -0.193. The Morgan fingerprint density at radius 1 is 1.23 bits per heavy atom. The van der Waals surface area contributed by atoms with Gasteiger partial charge in [0.1, 0.15) is 5.82 Å². The van der Waals surface area contributed by atoms with Crippen molar-refractivity contribution in [3.63, 3.8) is 0 Å². The van der Waals surface area contributed by atoms with Crippen LogP contribution in [0, 0.1) is 0 Å². The number of benzene rings is 1. The Labute approximate surface area is 148 Å². The van der Waals surface area contributed by atoms with Gasteiger partial charge in [0.15, 0.2) is 5.76 Å². The van der Waals surface area contributed by atoms with Crippen molar-refractivity contribution >= 4 is 5.91 Å². The van der Waals surface area contributed by atoms with Crippen LogP contribution in [-0.4, -0.2) is 42.6 Å². The van der Waals surface area contributed by atoms with E-state index in [1.54, 1.807) is 47.6 Å². The van der Waals surface area contributed by atoms with Crippen LogP contribution in [0.3, 0.4) is 0 Å². The summed E-state index contributed by atoms with van der Waals surface area (Å²) in [5.74, 6) is 1.56. The van der Waals surface area contributed by atoms with Crippen molar-refractivity contribution in [2.24, 2.45) is 0 Å². The molecule has 3 heterocycles.